The Labute approximate surface area is 130 Å². The third-order valence-electron chi connectivity index (χ3n) is 3.98. The minimum atomic E-state index is -0.296. The number of methoxy groups -OCH3 is 3. The van der Waals surface area contributed by atoms with Crippen molar-refractivity contribution < 1.29 is 19.0 Å². The van der Waals surface area contributed by atoms with Gasteiger partial charge in [-0.15, -0.1) is 0 Å². The van der Waals surface area contributed by atoms with E-state index in [1.807, 2.05) is 17.0 Å². The predicted molar refractivity (Wildman–Crippen MR) is 79.8 cm³/mol. The molecule has 2 rings (SSSR count). The van der Waals surface area contributed by atoms with Gasteiger partial charge in [0.15, 0.2) is 11.5 Å². The van der Waals surface area contributed by atoms with Gasteiger partial charge in [-0.3, -0.25) is 9.69 Å². The van der Waals surface area contributed by atoms with Crippen molar-refractivity contribution in [3.05, 3.63) is 23.3 Å². The molecule has 0 saturated carbocycles. The molecule has 6 heteroatoms. The zero-order chi connectivity index (χ0) is 16.1. The highest BCUT2D eigenvalue weighted by molar-refractivity contribution is 5.70. The van der Waals surface area contributed by atoms with Gasteiger partial charge in [-0.05, 0) is 29.7 Å². The number of carbonyl (C=O) groups excluding carboxylic acids is 1. The first-order valence-electron chi connectivity index (χ1n) is 7.07. The summed E-state index contributed by atoms with van der Waals surface area (Å²) in [5.74, 6) is 0.997. The van der Waals surface area contributed by atoms with Crippen molar-refractivity contribution in [2.75, 3.05) is 34.4 Å². The largest absolute Gasteiger partial charge is 0.493 e. The number of fused-ring (bicyclic) bond motifs is 1. The Morgan fingerprint density at radius 3 is 2.59 bits per heavy atom. The lowest BCUT2D eigenvalue weighted by molar-refractivity contribution is -0.142. The van der Waals surface area contributed by atoms with E-state index >= 15 is 0 Å². The molecule has 0 amide bonds. The molecule has 0 N–H and O–H groups in total. The molecular weight excluding hydrogens is 284 g/mol. The number of ether oxygens (including phenoxy) is 3. The third-order valence-corrected chi connectivity index (χ3v) is 3.98. The van der Waals surface area contributed by atoms with E-state index in [1.54, 1.807) is 14.2 Å². The number of hydrogen-bond donors (Lipinski definition) is 0. The number of rotatable bonds is 5. The molecule has 1 aliphatic heterocycles. The first kappa shape index (κ1) is 16.1. The molecule has 1 aromatic rings. The zero-order valence-electron chi connectivity index (χ0n) is 13.1. The highest BCUT2D eigenvalue weighted by Crippen LogP contribution is 2.39. The van der Waals surface area contributed by atoms with Crippen LogP contribution >= 0.6 is 0 Å². The number of nitriles is 1. The fourth-order valence-corrected chi connectivity index (χ4v) is 2.84. The molecule has 0 aromatic heterocycles. The zero-order valence-corrected chi connectivity index (χ0v) is 13.1. The predicted octanol–water partition coefficient (Wildman–Crippen LogP) is 1.69. The smallest absolute Gasteiger partial charge is 0.307 e. The lowest BCUT2D eigenvalue weighted by Gasteiger charge is -2.35. The average molecular weight is 304 g/mol. The van der Waals surface area contributed by atoms with Crippen molar-refractivity contribution in [2.24, 2.45) is 0 Å². The molecule has 1 unspecified atom stereocenters. The second-order valence-electron chi connectivity index (χ2n) is 5.08. The number of nitrogens with zero attached hydrogens (tertiary/aromatic N) is 2. The topological polar surface area (TPSA) is 71.8 Å². The summed E-state index contributed by atoms with van der Waals surface area (Å²) in [6.07, 6.45) is 1.01. The second kappa shape index (κ2) is 7.14. The van der Waals surface area contributed by atoms with Gasteiger partial charge in [-0.2, -0.15) is 5.26 Å². The Balaban J connectivity index is 2.44. The first-order valence-corrected chi connectivity index (χ1v) is 7.07. The van der Waals surface area contributed by atoms with Crippen LogP contribution in [-0.2, 0) is 16.0 Å². The van der Waals surface area contributed by atoms with Crippen molar-refractivity contribution >= 4 is 5.97 Å². The van der Waals surface area contributed by atoms with E-state index in [-0.39, 0.29) is 25.0 Å². The number of hydrogen-bond acceptors (Lipinski definition) is 6. The van der Waals surface area contributed by atoms with E-state index in [2.05, 4.69) is 6.07 Å². The molecule has 0 radical (unpaired) electrons. The van der Waals surface area contributed by atoms with Crippen LogP contribution < -0.4 is 9.47 Å². The Bertz CT molecular complexity index is 595. The fraction of sp³-hybridized carbons (Fsp3) is 0.500. The van der Waals surface area contributed by atoms with Crippen LogP contribution in [-0.4, -0.2) is 45.3 Å². The van der Waals surface area contributed by atoms with Crippen LogP contribution in [0.4, 0.5) is 0 Å². The summed E-state index contributed by atoms with van der Waals surface area (Å²) in [7, 11) is 4.55. The van der Waals surface area contributed by atoms with E-state index in [0.29, 0.717) is 11.5 Å². The minimum Gasteiger partial charge on any atom is -0.493 e. The monoisotopic (exact) mass is 304 g/mol. The van der Waals surface area contributed by atoms with Gasteiger partial charge in [0.05, 0.1) is 40.4 Å². The van der Waals surface area contributed by atoms with E-state index in [4.69, 9.17) is 19.5 Å². The lowest BCUT2D eigenvalue weighted by atomic mass is 9.90. The molecule has 0 bridgehead atoms. The van der Waals surface area contributed by atoms with Crippen LogP contribution in [0.2, 0.25) is 0 Å². The standard InChI is InChI=1S/C16H20N2O4/c1-20-14-8-11-4-6-18(7-5-17)13(10-16(19)22-3)12(11)9-15(14)21-2/h8-9,13H,4,6-7,10H2,1-3H3. The minimum absolute atomic E-state index is 0.185. The SMILES string of the molecule is COC(=O)CC1c2cc(OC)c(OC)cc2CCN1CC#N. The van der Waals surface area contributed by atoms with Crippen molar-refractivity contribution in [2.45, 2.75) is 18.9 Å². The van der Waals surface area contributed by atoms with Gasteiger partial charge in [0.2, 0.25) is 0 Å². The molecule has 6 nitrogen and oxygen atoms in total. The maximum atomic E-state index is 11.7. The Morgan fingerprint density at radius 2 is 2.00 bits per heavy atom. The van der Waals surface area contributed by atoms with Gasteiger partial charge in [0.25, 0.3) is 0 Å². The molecule has 0 saturated heterocycles. The highest BCUT2D eigenvalue weighted by atomic mass is 16.5. The maximum Gasteiger partial charge on any atom is 0.307 e. The molecule has 0 fully saturated rings. The summed E-state index contributed by atoms with van der Waals surface area (Å²) in [5, 5.41) is 9.01. The Morgan fingerprint density at radius 1 is 1.32 bits per heavy atom. The number of carbonyl (C=O) groups is 1. The van der Waals surface area contributed by atoms with Crippen molar-refractivity contribution in [3.63, 3.8) is 0 Å². The molecule has 118 valence electrons. The second-order valence-corrected chi connectivity index (χ2v) is 5.08. The van der Waals surface area contributed by atoms with Gasteiger partial charge in [-0.1, -0.05) is 0 Å². The van der Waals surface area contributed by atoms with Crippen LogP contribution in [0, 0.1) is 11.3 Å². The van der Waals surface area contributed by atoms with Gasteiger partial charge in [-0.25, -0.2) is 0 Å². The van der Waals surface area contributed by atoms with E-state index in [1.165, 1.54) is 7.11 Å². The van der Waals surface area contributed by atoms with Crippen LogP contribution in [0.15, 0.2) is 12.1 Å². The van der Waals surface area contributed by atoms with Crippen LogP contribution in [0.1, 0.15) is 23.6 Å². The summed E-state index contributed by atoms with van der Waals surface area (Å²) >= 11 is 0. The summed E-state index contributed by atoms with van der Waals surface area (Å²) < 4.78 is 15.5. The molecule has 1 aliphatic rings. The maximum absolute atomic E-state index is 11.7. The van der Waals surface area contributed by atoms with Crippen LogP contribution in [0.25, 0.3) is 0 Å². The van der Waals surface area contributed by atoms with Crippen molar-refractivity contribution in [1.29, 1.82) is 5.26 Å². The molecule has 1 atom stereocenters. The third kappa shape index (κ3) is 3.15. The Hall–Kier alpha value is -2.26. The molecule has 1 aromatic carbocycles. The summed E-state index contributed by atoms with van der Waals surface area (Å²) in [4.78, 5) is 13.7. The summed E-state index contributed by atoms with van der Waals surface area (Å²) in [5.41, 5.74) is 2.10. The summed E-state index contributed by atoms with van der Waals surface area (Å²) in [6.45, 7) is 0.993. The summed E-state index contributed by atoms with van der Waals surface area (Å²) in [6, 6.07) is 5.81. The first-order chi connectivity index (χ1) is 10.6. The number of benzene rings is 1. The van der Waals surface area contributed by atoms with Gasteiger partial charge in [0, 0.05) is 12.6 Å². The molecule has 22 heavy (non-hydrogen) atoms. The van der Waals surface area contributed by atoms with E-state index in [9.17, 15) is 4.79 Å². The van der Waals surface area contributed by atoms with E-state index in [0.717, 1.165) is 24.1 Å². The van der Waals surface area contributed by atoms with Gasteiger partial charge < -0.3 is 14.2 Å². The van der Waals surface area contributed by atoms with Crippen LogP contribution in [0.5, 0.6) is 11.5 Å². The number of esters is 1. The molecule has 0 aliphatic carbocycles. The molecule has 1 heterocycles. The van der Waals surface area contributed by atoms with Crippen molar-refractivity contribution in [3.8, 4) is 17.6 Å². The van der Waals surface area contributed by atoms with Gasteiger partial charge >= 0.3 is 5.97 Å². The normalized spacial score (nSPS) is 17.3. The Kier molecular flexibility index (Phi) is 5.23. The quantitative estimate of drug-likeness (QED) is 0.609. The fourth-order valence-electron chi connectivity index (χ4n) is 2.84. The average Bonchev–Trinajstić information content (AvgIpc) is 2.55. The molecular formula is C16H20N2O4. The highest BCUT2D eigenvalue weighted by Gasteiger charge is 2.30. The van der Waals surface area contributed by atoms with Crippen LogP contribution in [0.3, 0.4) is 0 Å². The lowest BCUT2D eigenvalue weighted by Crippen LogP contribution is -2.37. The van der Waals surface area contributed by atoms with Gasteiger partial charge in [0.1, 0.15) is 0 Å². The molecule has 0 spiro atoms. The van der Waals surface area contributed by atoms with Crippen molar-refractivity contribution in [1.82, 2.24) is 4.90 Å². The van der Waals surface area contributed by atoms with E-state index < -0.39 is 0 Å².